The summed E-state index contributed by atoms with van der Waals surface area (Å²) in [5.41, 5.74) is 1.02. The van der Waals surface area contributed by atoms with E-state index in [0.29, 0.717) is 10.9 Å². The van der Waals surface area contributed by atoms with Crippen LogP contribution in [0.5, 0.6) is 0 Å². The Hall–Kier alpha value is -0.910. The lowest BCUT2D eigenvalue weighted by Gasteiger charge is -2.27. The van der Waals surface area contributed by atoms with Crippen LogP contribution < -0.4 is 5.32 Å². The van der Waals surface area contributed by atoms with Crippen LogP contribution in [-0.4, -0.2) is 31.9 Å². The zero-order valence-corrected chi connectivity index (χ0v) is 14.2. The van der Waals surface area contributed by atoms with E-state index in [9.17, 15) is 8.42 Å². The molecule has 0 radical (unpaired) electrons. The molecule has 1 atom stereocenters. The lowest BCUT2D eigenvalue weighted by atomic mass is 10.1. The van der Waals surface area contributed by atoms with Gasteiger partial charge in [0.05, 0.1) is 4.90 Å². The minimum atomic E-state index is -3.42. The van der Waals surface area contributed by atoms with Crippen molar-refractivity contribution in [3.05, 3.63) is 29.8 Å². The van der Waals surface area contributed by atoms with Crippen molar-refractivity contribution in [1.29, 1.82) is 0 Å². The van der Waals surface area contributed by atoms with E-state index in [1.54, 1.807) is 19.2 Å². The van der Waals surface area contributed by atoms with Crippen molar-refractivity contribution < 1.29 is 8.42 Å². The van der Waals surface area contributed by atoms with Crippen molar-refractivity contribution in [3.8, 4) is 0 Å². The zero-order chi connectivity index (χ0) is 15.6. The van der Waals surface area contributed by atoms with Gasteiger partial charge in [-0.25, -0.2) is 8.42 Å². The summed E-state index contributed by atoms with van der Waals surface area (Å²) in [7, 11) is -1.76. The van der Waals surface area contributed by atoms with Crippen molar-refractivity contribution in [2.24, 2.45) is 5.92 Å². The van der Waals surface area contributed by atoms with E-state index < -0.39 is 10.0 Å². The molecule has 1 saturated carbocycles. The molecule has 5 heteroatoms. The number of benzene rings is 1. The number of hydrogen-bond donors (Lipinski definition) is 1. The Balaban J connectivity index is 2.16. The predicted octanol–water partition coefficient (Wildman–Crippen LogP) is 2.60. The van der Waals surface area contributed by atoms with E-state index in [1.807, 2.05) is 32.9 Å². The second-order valence-electron chi connectivity index (χ2n) is 6.31. The first-order valence-corrected chi connectivity index (χ1v) is 9.06. The molecule has 1 N–H and O–H groups in total. The summed E-state index contributed by atoms with van der Waals surface area (Å²) >= 11 is 0. The average molecular weight is 310 g/mol. The molecule has 118 valence electrons. The zero-order valence-electron chi connectivity index (χ0n) is 13.3. The fourth-order valence-electron chi connectivity index (χ4n) is 2.17. The summed E-state index contributed by atoms with van der Waals surface area (Å²) < 4.78 is 26.8. The Labute approximate surface area is 128 Å². The molecule has 4 nitrogen and oxygen atoms in total. The maximum Gasteiger partial charge on any atom is 0.243 e. The summed E-state index contributed by atoms with van der Waals surface area (Å²) in [4.78, 5) is 0.382. The summed E-state index contributed by atoms with van der Waals surface area (Å²) in [6.07, 6.45) is 2.46. The van der Waals surface area contributed by atoms with Gasteiger partial charge in [-0.15, -0.1) is 0 Å². The number of rotatable bonds is 7. The third-order valence-corrected chi connectivity index (χ3v) is 6.23. The summed E-state index contributed by atoms with van der Waals surface area (Å²) in [6.45, 7) is 6.75. The van der Waals surface area contributed by atoms with Gasteiger partial charge in [-0.3, -0.25) is 0 Å². The van der Waals surface area contributed by atoms with Crippen LogP contribution in [0.2, 0.25) is 0 Å². The lowest BCUT2D eigenvalue weighted by Crippen LogP contribution is -2.38. The Bertz CT molecular complexity index is 580. The van der Waals surface area contributed by atoms with Gasteiger partial charge >= 0.3 is 0 Å². The van der Waals surface area contributed by atoms with Crippen molar-refractivity contribution in [2.45, 2.75) is 57.1 Å². The first kappa shape index (κ1) is 16.5. The minimum Gasteiger partial charge on any atom is -0.310 e. The molecule has 0 amide bonds. The molecule has 1 aromatic carbocycles. The van der Waals surface area contributed by atoms with E-state index in [-0.39, 0.29) is 12.0 Å². The normalized spacial score (nSPS) is 17.4. The molecule has 0 saturated heterocycles. The molecule has 0 heterocycles. The number of hydrogen-bond acceptors (Lipinski definition) is 3. The van der Waals surface area contributed by atoms with Gasteiger partial charge in [-0.05, 0) is 43.4 Å². The molecule has 1 unspecified atom stereocenters. The summed E-state index contributed by atoms with van der Waals surface area (Å²) in [6, 6.07) is 7.86. The summed E-state index contributed by atoms with van der Waals surface area (Å²) in [5, 5.41) is 3.41. The van der Waals surface area contributed by atoms with Gasteiger partial charge in [0.25, 0.3) is 0 Å². The minimum absolute atomic E-state index is 0.0248. The van der Waals surface area contributed by atoms with E-state index in [4.69, 9.17) is 0 Å². The van der Waals surface area contributed by atoms with E-state index in [2.05, 4.69) is 5.32 Å². The smallest absolute Gasteiger partial charge is 0.243 e. The first-order valence-electron chi connectivity index (χ1n) is 7.62. The van der Waals surface area contributed by atoms with Crippen molar-refractivity contribution in [2.75, 3.05) is 7.05 Å². The Kier molecular flexibility index (Phi) is 5.07. The van der Waals surface area contributed by atoms with E-state index >= 15 is 0 Å². The molecule has 1 aromatic rings. The van der Waals surface area contributed by atoms with Gasteiger partial charge < -0.3 is 5.32 Å². The summed E-state index contributed by atoms with van der Waals surface area (Å²) in [5.74, 6) is 0.282. The van der Waals surface area contributed by atoms with Crippen LogP contribution in [0, 0.1) is 5.92 Å². The van der Waals surface area contributed by atoms with Gasteiger partial charge in [0.15, 0.2) is 0 Å². The standard InChI is InChI=1S/C16H26N2O2S/c1-12(2)13(3)18(4)21(19,20)16-7-5-6-14(10-16)11-17-15-8-9-15/h5-7,10,12-13,15,17H,8-9,11H2,1-4H3. The molecule has 0 bridgehead atoms. The van der Waals surface area contributed by atoms with Crippen LogP contribution in [0.1, 0.15) is 39.2 Å². The van der Waals surface area contributed by atoms with Gasteiger partial charge in [-0.2, -0.15) is 4.31 Å². The van der Waals surface area contributed by atoms with E-state index in [1.165, 1.54) is 17.1 Å². The second-order valence-corrected chi connectivity index (χ2v) is 8.31. The number of nitrogens with zero attached hydrogens (tertiary/aromatic N) is 1. The van der Waals surface area contributed by atoms with Crippen LogP contribution in [-0.2, 0) is 16.6 Å². The largest absolute Gasteiger partial charge is 0.310 e. The van der Waals surface area contributed by atoms with Crippen LogP contribution >= 0.6 is 0 Å². The third-order valence-electron chi connectivity index (χ3n) is 4.29. The first-order chi connectivity index (χ1) is 9.82. The highest BCUT2D eigenvalue weighted by Crippen LogP contribution is 2.22. The van der Waals surface area contributed by atoms with Crippen molar-refractivity contribution >= 4 is 10.0 Å². The van der Waals surface area contributed by atoms with Crippen molar-refractivity contribution in [1.82, 2.24) is 9.62 Å². The van der Waals surface area contributed by atoms with Gasteiger partial charge in [0, 0.05) is 25.7 Å². The highest BCUT2D eigenvalue weighted by molar-refractivity contribution is 7.89. The van der Waals surface area contributed by atoms with Gasteiger partial charge in [0.1, 0.15) is 0 Å². The molecule has 21 heavy (non-hydrogen) atoms. The molecule has 0 aliphatic heterocycles. The fourth-order valence-corrected chi connectivity index (χ4v) is 3.74. The third kappa shape index (κ3) is 4.05. The molecule has 0 aromatic heterocycles. The SMILES string of the molecule is CC(C)C(C)N(C)S(=O)(=O)c1cccc(CNC2CC2)c1. The molecule has 2 rings (SSSR count). The molecule has 1 fully saturated rings. The topological polar surface area (TPSA) is 49.4 Å². The molecule has 1 aliphatic rings. The van der Waals surface area contributed by atoms with Crippen LogP contribution in [0.25, 0.3) is 0 Å². The number of nitrogens with one attached hydrogen (secondary N) is 1. The van der Waals surface area contributed by atoms with Gasteiger partial charge in [0.2, 0.25) is 10.0 Å². The molecular formula is C16H26N2O2S. The van der Waals surface area contributed by atoms with Crippen molar-refractivity contribution in [3.63, 3.8) is 0 Å². The van der Waals surface area contributed by atoms with Gasteiger partial charge in [-0.1, -0.05) is 26.0 Å². The Morgan fingerprint density at radius 3 is 2.52 bits per heavy atom. The maximum atomic E-state index is 12.7. The highest BCUT2D eigenvalue weighted by atomic mass is 32.2. The van der Waals surface area contributed by atoms with E-state index in [0.717, 1.165) is 12.1 Å². The maximum absolute atomic E-state index is 12.7. The van der Waals surface area contributed by atoms with Crippen LogP contribution in [0.4, 0.5) is 0 Å². The fraction of sp³-hybridized carbons (Fsp3) is 0.625. The molecule has 1 aliphatic carbocycles. The quantitative estimate of drug-likeness (QED) is 0.842. The van der Waals surface area contributed by atoms with Crippen LogP contribution in [0.3, 0.4) is 0 Å². The number of sulfonamides is 1. The van der Waals surface area contributed by atoms with Crippen LogP contribution in [0.15, 0.2) is 29.2 Å². The Morgan fingerprint density at radius 1 is 1.29 bits per heavy atom. The average Bonchev–Trinajstić information content (AvgIpc) is 3.27. The monoisotopic (exact) mass is 310 g/mol. The Morgan fingerprint density at radius 2 is 1.95 bits per heavy atom. The highest BCUT2D eigenvalue weighted by Gasteiger charge is 2.27. The molecular weight excluding hydrogens is 284 g/mol. The second kappa shape index (κ2) is 6.46. The molecule has 0 spiro atoms. The predicted molar refractivity (Wildman–Crippen MR) is 85.6 cm³/mol. The lowest BCUT2D eigenvalue weighted by molar-refractivity contribution is 0.316.